The van der Waals surface area contributed by atoms with Crippen molar-refractivity contribution in [1.82, 2.24) is 10.3 Å². The van der Waals surface area contributed by atoms with Gasteiger partial charge in [-0.2, -0.15) is 0 Å². The number of carbonyl (C=O) groups is 1. The number of pyridine rings is 1. The first-order chi connectivity index (χ1) is 14.6. The summed E-state index contributed by atoms with van der Waals surface area (Å²) in [6.07, 6.45) is 4.16. The van der Waals surface area contributed by atoms with Crippen LogP contribution in [0.2, 0.25) is 0 Å². The maximum Gasteiger partial charge on any atom is 0.271 e. The molecule has 0 aliphatic carbocycles. The molecule has 0 radical (unpaired) electrons. The molecule has 0 spiro atoms. The first kappa shape index (κ1) is 21.3. The van der Waals surface area contributed by atoms with E-state index in [1.165, 1.54) is 24.4 Å². The van der Waals surface area contributed by atoms with Crippen LogP contribution < -0.4 is 15.6 Å². The van der Waals surface area contributed by atoms with Gasteiger partial charge in [0.15, 0.2) is 0 Å². The molecule has 10 heteroatoms. The van der Waals surface area contributed by atoms with Crippen LogP contribution in [-0.2, 0) is 14.8 Å². The van der Waals surface area contributed by atoms with Crippen LogP contribution in [0, 0.1) is 11.2 Å². The third-order valence-electron chi connectivity index (χ3n) is 5.52. The lowest BCUT2D eigenvalue weighted by Crippen LogP contribution is -2.39. The van der Waals surface area contributed by atoms with E-state index in [9.17, 15) is 22.4 Å². The molecular weight excluding hydrogens is 441 g/mol. The molecule has 3 N–H and O–H groups in total. The molecule has 1 unspecified atom stereocenters. The molecule has 1 aromatic carbocycles. The standard InChI is InChI=1S/C21H20FN3O4S2/c1-3-21(2)9-14(11-24-20(21)27)17-4-5-19(30-17)31(28,29)25-16-7-13-10-23-18(26)8-12(13)6-15(16)22/h4-8,10-11,25H,3,9H2,1-2H3,(H,23,26)(H,24,27). The van der Waals surface area contributed by atoms with Crippen LogP contribution in [0.3, 0.4) is 0 Å². The highest BCUT2D eigenvalue weighted by Crippen LogP contribution is 2.40. The Hall–Kier alpha value is -2.98. The topological polar surface area (TPSA) is 108 Å². The second kappa shape index (κ2) is 7.61. The number of anilines is 1. The molecule has 0 saturated heterocycles. The number of aromatic nitrogens is 1. The maximum absolute atomic E-state index is 14.5. The van der Waals surface area contributed by atoms with E-state index in [0.717, 1.165) is 27.9 Å². The van der Waals surface area contributed by atoms with Gasteiger partial charge in [0.1, 0.15) is 10.0 Å². The number of halogens is 1. The van der Waals surface area contributed by atoms with E-state index in [0.29, 0.717) is 23.6 Å². The largest absolute Gasteiger partial charge is 0.332 e. The third kappa shape index (κ3) is 4.00. The Morgan fingerprint density at radius 3 is 2.71 bits per heavy atom. The van der Waals surface area contributed by atoms with E-state index in [1.807, 2.05) is 13.8 Å². The predicted molar refractivity (Wildman–Crippen MR) is 119 cm³/mol. The molecule has 1 aliphatic heterocycles. The molecular formula is C21H20FN3O4S2. The first-order valence-electron chi connectivity index (χ1n) is 9.56. The van der Waals surface area contributed by atoms with Crippen molar-refractivity contribution in [2.75, 3.05) is 4.72 Å². The maximum atomic E-state index is 14.5. The summed E-state index contributed by atoms with van der Waals surface area (Å²) in [6, 6.07) is 6.82. The van der Waals surface area contributed by atoms with Crippen molar-refractivity contribution in [3.63, 3.8) is 0 Å². The molecule has 7 nitrogen and oxygen atoms in total. The van der Waals surface area contributed by atoms with Crippen molar-refractivity contribution >= 4 is 49.3 Å². The fraction of sp³-hybridized carbons (Fsp3) is 0.238. The second-order valence-corrected chi connectivity index (χ2v) is 10.7. The highest BCUT2D eigenvalue weighted by Gasteiger charge is 2.35. The molecule has 1 amide bonds. The van der Waals surface area contributed by atoms with Gasteiger partial charge in [-0.25, -0.2) is 12.8 Å². The van der Waals surface area contributed by atoms with Crippen molar-refractivity contribution in [2.24, 2.45) is 5.41 Å². The number of H-pyrrole nitrogens is 1. The monoisotopic (exact) mass is 461 g/mol. The number of fused-ring (bicyclic) bond motifs is 1. The number of benzene rings is 1. The zero-order valence-corrected chi connectivity index (χ0v) is 18.4. The molecule has 1 atom stereocenters. The third-order valence-corrected chi connectivity index (χ3v) is 8.54. The summed E-state index contributed by atoms with van der Waals surface area (Å²) in [6.45, 7) is 3.81. The Morgan fingerprint density at radius 2 is 1.97 bits per heavy atom. The van der Waals surface area contributed by atoms with Crippen molar-refractivity contribution < 1.29 is 17.6 Å². The van der Waals surface area contributed by atoms with E-state index in [4.69, 9.17) is 0 Å². The lowest BCUT2D eigenvalue weighted by atomic mass is 9.78. The number of rotatable bonds is 5. The average molecular weight is 462 g/mol. The normalized spacial score (nSPS) is 19.2. The Balaban J connectivity index is 1.62. The summed E-state index contributed by atoms with van der Waals surface area (Å²) in [4.78, 5) is 26.7. The molecule has 0 fully saturated rings. The minimum atomic E-state index is -4.03. The number of nitrogens with one attached hydrogen (secondary N) is 3. The Bertz CT molecular complexity index is 1390. The summed E-state index contributed by atoms with van der Waals surface area (Å²) in [7, 11) is -4.03. The van der Waals surface area contributed by atoms with E-state index in [1.54, 1.807) is 12.3 Å². The Morgan fingerprint density at radius 1 is 1.19 bits per heavy atom. The van der Waals surface area contributed by atoms with Gasteiger partial charge in [-0.15, -0.1) is 11.3 Å². The summed E-state index contributed by atoms with van der Waals surface area (Å²) in [5.74, 6) is -0.840. The van der Waals surface area contributed by atoms with Gasteiger partial charge in [-0.1, -0.05) is 13.8 Å². The number of hydrogen-bond acceptors (Lipinski definition) is 5. The van der Waals surface area contributed by atoms with E-state index in [-0.39, 0.29) is 21.4 Å². The number of aromatic amines is 1. The van der Waals surface area contributed by atoms with Gasteiger partial charge >= 0.3 is 0 Å². The smallest absolute Gasteiger partial charge is 0.271 e. The Kier molecular flexibility index (Phi) is 5.22. The van der Waals surface area contributed by atoms with Crippen LogP contribution in [0.25, 0.3) is 16.3 Å². The van der Waals surface area contributed by atoms with Gasteiger partial charge in [0, 0.05) is 28.7 Å². The van der Waals surface area contributed by atoms with Gasteiger partial charge in [-0.3, -0.25) is 14.3 Å². The van der Waals surface area contributed by atoms with Crippen LogP contribution in [0.1, 0.15) is 31.6 Å². The van der Waals surface area contributed by atoms with Crippen molar-refractivity contribution in [2.45, 2.75) is 30.9 Å². The number of hydrogen-bond donors (Lipinski definition) is 3. The summed E-state index contributed by atoms with van der Waals surface area (Å²) in [5, 5.41) is 3.62. The average Bonchev–Trinajstić information content (AvgIpc) is 3.22. The van der Waals surface area contributed by atoms with Gasteiger partial charge < -0.3 is 10.3 Å². The lowest BCUT2D eigenvalue weighted by Gasteiger charge is -2.31. The van der Waals surface area contributed by atoms with E-state index >= 15 is 0 Å². The van der Waals surface area contributed by atoms with Crippen LogP contribution >= 0.6 is 11.3 Å². The number of carbonyl (C=O) groups excluding carboxylic acids is 1. The number of allylic oxidation sites excluding steroid dienone is 1. The molecule has 1 aliphatic rings. The molecule has 0 saturated carbocycles. The number of thiophene rings is 1. The van der Waals surface area contributed by atoms with Crippen molar-refractivity contribution in [3.05, 3.63) is 63.8 Å². The summed E-state index contributed by atoms with van der Waals surface area (Å²) < 4.78 is 42.5. The van der Waals surface area contributed by atoms with Gasteiger partial charge in [0.2, 0.25) is 11.5 Å². The molecule has 0 bridgehead atoms. The minimum absolute atomic E-state index is 0.0273. The summed E-state index contributed by atoms with van der Waals surface area (Å²) in [5.41, 5.74) is -0.298. The highest BCUT2D eigenvalue weighted by atomic mass is 32.2. The number of sulfonamides is 1. The van der Waals surface area contributed by atoms with Crippen LogP contribution in [-0.4, -0.2) is 19.3 Å². The van der Waals surface area contributed by atoms with Crippen molar-refractivity contribution in [3.8, 4) is 0 Å². The molecule has 4 rings (SSSR count). The zero-order chi connectivity index (χ0) is 22.4. The zero-order valence-electron chi connectivity index (χ0n) is 16.8. The lowest BCUT2D eigenvalue weighted by molar-refractivity contribution is -0.129. The van der Waals surface area contributed by atoms with Crippen LogP contribution in [0.4, 0.5) is 10.1 Å². The SMILES string of the molecule is CCC1(C)CC(c2ccc(S(=O)(=O)Nc3cc4c[nH]c(=O)cc4cc3F)s2)=CNC1=O. The van der Waals surface area contributed by atoms with Gasteiger partial charge in [0.25, 0.3) is 10.0 Å². The van der Waals surface area contributed by atoms with Gasteiger partial charge in [-0.05, 0) is 48.1 Å². The quantitative estimate of drug-likeness (QED) is 0.537. The fourth-order valence-electron chi connectivity index (χ4n) is 3.42. The van der Waals surface area contributed by atoms with Crippen LogP contribution in [0.15, 0.2) is 51.7 Å². The molecule has 3 aromatic rings. The summed E-state index contributed by atoms with van der Waals surface area (Å²) >= 11 is 1.05. The predicted octanol–water partition coefficient (Wildman–Crippen LogP) is 3.81. The van der Waals surface area contributed by atoms with E-state index < -0.39 is 21.3 Å². The number of amides is 1. The molecule has 31 heavy (non-hydrogen) atoms. The van der Waals surface area contributed by atoms with Gasteiger partial charge in [0.05, 0.1) is 11.1 Å². The van der Waals surface area contributed by atoms with Crippen LogP contribution in [0.5, 0.6) is 0 Å². The second-order valence-electron chi connectivity index (χ2n) is 7.72. The highest BCUT2D eigenvalue weighted by molar-refractivity contribution is 7.94. The molecule has 162 valence electrons. The first-order valence-corrected chi connectivity index (χ1v) is 11.9. The van der Waals surface area contributed by atoms with Crippen molar-refractivity contribution in [1.29, 1.82) is 0 Å². The molecule has 2 aromatic heterocycles. The fourth-order valence-corrected chi connectivity index (χ4v) is 5.80. The minimum Gasteiger partial charge on any atom is -0.332 e. The Labute approximate surface area is 182 Å². The van der Waals surface area contributed by atoms with E-state index in [2.05, 4.69) is 15.0 Å². The molecule has 3 heterocycles.